The van der Waals surface area contributed by atoms with Gasteiger partial charge >= 0.3 is 0 Å². The van der Waals surface area contributed by atoms with Crippen LogP contribution in [0.4, 0.5) is 0 Å². The van der Waals surface area contributed by atoms with Gasteiger partial charge in [0.1, 0.15) is 5.82 Å². The maximum atomic E-state index is 3.94. The first-order chi connectivity index (χ1) is 4.66. The molecule has 1 N–H and O–H groups in total. The lowest BCUT2D eigenvalue weighted by atomic mass is 10.7. The van der Waals surface area contributed by atoms with E-state index in [2.05, 4.69) is 23.5 Å². The van der Waals surface area contributed by atoms with Crippen molar-refractivity contribution in [3.8, 4) is 0 Å². The molecule has 0 fully saturated rings. The normalized spacial score (nSPS) is 9.40. The van der Waals surface area contributed by atoms with Gasteiger partial charge in [0.25, 0.3) is 0 Å². The number of hydrogen-bond acceptors (Lipinski definition) is 2. The molecule has 0 saturated carbocycles. The Morgan fingerprint density at radius 2 is 2.20 bits per heavy atom. The summed E-state index contributed by atoms with van der Waals surface area (Å²) in [6, 6.07) is 0. The Hall–Kier alpha value is -1.25. The fraction of sp³-hybridized carbons (Fsp3) is 0.286. The topological polar surface area (TPSA) is 27.6 Å². The molecule has 0 spiro atoms. The van der Waals surface area contributed by atoms with Gasteiger partial charge in [0, 0.05) is 14.1 Å². The molecule has 3 nitrogen and oxygen atoms in total. The predicted molar refractivity (Wildman–Crippen MR) is 44.7 cm³/mol. The monoisotopic (exact) mass is 139 g/mol. The molecule has 0 heterocycles. The molecule has 0 radical (unpaired) electrons. The quantitative estimate of drug-likeness (QED) is 0.460. The Kier molecular flexibility index (Phi) is 4.04. The van der Waals surface area contributed by atoms with Crippen molar-refractivity contribution in [1.82, 2.24) is 10.2 Å². The van der Waals surface area contributed by atoms with E-state index in [-0.39, 0.29) is 0 Å². The van der Waals surface area contributed by atoms with Crippen LogP contribution in [0.1, 0.15) is 0 Å². The second kappa shape index (κ2) is 4.61. The maximum Gasteiger partial charge on any atom is 0.124 e. The Morgan fingerprint density at radius 3 is 2.60 bits per heavy atom. The fourth-order valence-electron chi connectivity index (χ4n) is 0.340. The smallest absolute Gasteiger partial charge is 0.124 e. The van der Waals surface area contributed by atoms with Crippen molar-refractivity contribution in [1.29, 1.82) is 0 Å². The third-order valence-electron chi connectivity index (χ3n) is 0.713. The highest BCUT2D eigenvalue weighted by atomic mass is 15.1. The lowest BCUT2D eigenvalue weighted by molar-refractivity contribution is 0.641. The Labute approximate surface area is 61.8 Å². The van der Waals surface area contributed by atoms with Crippen LogP contribution in [0, 0.1) is 0 Å². The molecule has 0 aliphatic carbocycles. The van der Waals surface area contributed by atoms with Crippen LogP contribution in [0.2, 0.25) is 0 Å². The van der Waals surface area contributed by atoms with Crippen molar-refractivity contribution in [2.24, 2.45) is 4.99 Å². The molecule has 0 aromatic carbocycles. The van der Waals surface area contributed by atoms with E-state index in [0.29, 0.717) is 5.82 Å². The summed E-state index contributed by atoms with van der Waals surface area (Å²) in [5, 5.41) is 2.75. The molecule has 56 valence electrons. The first-order valence-corrected chi connectivity index (χ1v) is 2.93. The molecule has 0 aliphatic rings. The van der Waals surface area contributed by atoms with Gasteiger partial charge in [0.05, 0.1) is 6.34 Å². The van der Waals surface area contributed by atoms with Gasteiger partial charge in [-0.2, -0.15) is 0 Å². The zero-order valence-electron chi connectivity index (χ0n) is 6.46. The van der Waals surface area contributed by atoms with E-state index in [0.717, 1.165) is 0 Å². The second-order valence-electron chi connectivity index (χ2n) is 2.00. The van der Waals surface area contributed by atoms with E-state index in [1.54, 1.807) is 6.34 Å². The summed E-state index contributed by atoms with van der Waals surface area (Å²) in [4.78, 5) is 5.77. The Morgan fingerprint density at radius 1 is 1.60 bits per heavy atom. The number of aliphatic imine (C=N–C) groups is 1. The lowest BCUT2D eigenvalue weighted by Gasteiger charge is -2.02. The highest BCUT2D eigenvalue weighted by Gasteiger charge is 1.80. The van der Waals surface area contributed by atoms with Gasteiger partial charge in [-0.3, -0.25) is 0 Å². The molecule has 10 heavy (non-hydrogen) atoms. The largest absolute Gasteiger partial charge is 0.369 e. The third-order valence-corrected chi connectivity index (χ3v) is 0.713. The van der Waals surface area contributed by atoms with E-state index in [1.807, 2.05) is 19.0 Å². The van der Waals surface area contributed by atoms with Crippen molar-refractivity contribution in [3.05, 3.63) is 25.2 Å². The number of hydrogen-bond donors (Lipinski definition) is 1. The zero-order valence-corrected chi connectivity index (χ0v) is 6.46. The van der Waals surface area contributed by atoms with Crippen LogP contribution in [-0.2, 0) is 0 Å². The average molecular weight is 139 g/mol. The highest BCUT2D eigenvalue weighted by Crippen LogP contribution is 1.83. The summed E-state index contributed by atoms with van der Waals surface area (Å²) in [5.41, 5.74) is 0. The zero-order chi connectivity index (χ0) is 7.98. The first-order valence-electron chi connectivity index (χ1n) is 2.93. The van der Waals surface area contributed by atoms with Crippen LogP contribution in [-0.4, -0.2) is 25.3 Å². The third kappa shape index (κ3) is 4.90. The summed E-state index contributed by atoms with van der Waals surface area (Å²) < 4.78 is 0. The number of nitrogens with zero attached hydrogens (tertiary/aromatic N) is 2. The second-order valence-corrected chi connectivity index (χ2v) is 2.00. The van der Waals surface area contributed by atoms with Gasteiger partial charge in [-0.1, -0.05) is 13.2 Å². The molecule has 0 aromatic rings. The van der Waals surface area contributed by atoms with E-state index in [4.69, 9.17) is 0 Å². The van der Waals surface area contributed by atoms with Gasteiger partial charge in [0.2, 0.25) is 0 Å². The summed E-state index contributed by atoms with van der Waals surface area (Å²) in [5.74, 6) is 0.587. The molecule has 0 bridgehead atoms. The minimum Gasteiger partial charge on any atom is -0.369 e. The number of nitrogens with one attached hydrogen (secondary N) is 1. The molecule has 0 saturated heterocycles. The van der Waals surface area contributed by atoms with Crippen molar-refractivity contribution in [3.63, 3.8) is 0 Å². The van der Waals surface area contributed by atoms with Crippen molar-refractivity contribution >= 4 is 6.34 Å². The molecule has 0 rings (SSSR count). The van der Waals surface area contributed by atoms with Crippen LogP contribution < -0.4 is 5.32 Å². The molecule has 3 heteroatoms. The molecule has 0 amide bonds. The minimum atomic E-state index is 0.587. The van der Waals surface area contributed by atoms with Crippen LogP contribution in [0.5, 0.6) is 0 Å². The van der Waals surface area contributed by atoms with Gasteiger partial charge < -0.3 is 10.2 Å². The molecular weight excluding hydrogens is 126 g/mol. The van der Waals surface area contributed by atoms with E-state index < -0.39 is 0 Å². The summed E-state index contributed by atoms with van der Waals surface area (Å²) in [6.45, 7) is 7.08. The van der Waals surface area contributed by atoms with Gasteiger partial charge in [-0.05, 0) is 6.20 Å². The number of rotatable bonds is 4. The van der Waals surface area contributed by atoms with Crippen LogP contribution in [0.25, 0.3) is 0 Å². The molecule has 0 aliphatic heterocycles. The highest BCUT2D eigenvalue weighted by molar-refractivity contribution is 5.55. The van der Waals surface area contributed by atoms with E-state index >= 15 is 0 Å². The van der Waals surface area contributed by atoms with E-state index in [1.165, 1.54) is 6.20 Å². The van der Waals surface area contributed by atoms with Crippen LogP contribution >= 0.6 is 0 Å². The lowest BCUT2D eigenvalue weighted by Crippen LogP contribution is -2.09. The van der Waals surface area contributed by atoms with Crippen LogP contribution in [0.3, 0.4) is 0 Å². The predicted octanol–water partition coefficient (Wildman–Crippen LogP) is 0.781. The summed E-state index contributed by atoms with van der Waals surface area (Å²) in [7, 11) is 3.79. The Bertz CT molecular complexity index is 147. The van der Waals surface area contributed by atoms with E-state index in [9.17, 15) is 0 Å². The van der Waals surface area contributed by atoms with Gasteiger partial charge in [-0.25, -0.2) is 4.99 Å². The minimum absolute atomic E-state index is 0.587. The van der Waals surface area contributed by atoms with Crippen LogP contribution in [0.15, 0.2) is 30.2 Å². The van der Waals surface area contributed by atoms with Gasteiger partial charge in [0.15, 0.2) is 0 Å². The maximum absolute atomic E-state index is 3.94. The molecule has 0 atom stereocenters. The van der Waals surface area contributed by atoms with Crippen molar-refractivity contribution < 1.29 is 0 Å². The van der Waals surface area contributed by atoms with Crippen molar-refractivity contribution in [2.45, 2.75) is 0 Å². The first kappa shape index (κ1) is 8.75. The van der Waals surface area contributed by atoms with Gasteiger partial charge in [-0.15, -0.1) is 0 Å². The summed E-state index contributed by atoms with van der Waals surface area (Å²) in [6.07, 6.45) is 3.20. The standard InChI is InChI=1S/C7H13N3/c1-5-8-7(2)9-6-10(3)4/h5-6,8H,1-2H2,3-4H3/b9-6-. The van der Waals surface area contributed by atoms with Crippen molar-refractivity contribution in [2.75, 3.05) is 14.1 Å². The molecule has 0 aromatic heterocycles. The molecule has 0 unspecified atom stereocenters. The molecular formula is C7H13N3. The Balaban J connectivity index is 3.66. The SMILES string of the molecule is C=CNC(=C)/N=C\N(C)C. The summed E-state index contributed by atoms with van der Waals surface area (Å²) >= 11 is 0. The average Bonchev–Trinajstić information content (AvgIpc) is 1.85. The fourth-order valence-corrected chi connectivity index (χ4v) is 0.340.